The highest BCUT2D eigenvalue weighted by Crippen LogP contribution is 2.29. The molecule has 4 heteroatoms. The van der Waals surface area contributed by atoms with Crippen molar-refractivity contribution in [1.82, 2.24) is 5.32 Å². The van der Waals surface area contributed by atoms with Gasteiger partial charge < -0.3 is 5.32 Å². The molecule has 2 unspecified atom stereocenters. The van der Waals surface area contributed by atoms with Crippen molar-refractivity contribution in [2.45, 2.75) is 12.5 Å². The zero-order chi connectivity index (χ0) is 11.5. The van der Waals surface area contributed by atoms with Crippen LogP contribution >= 0.6 is 27.7 Å². The largest absolute Gasteiger partial charge is 0.316 e. The van der Waals surface area contributed by atoms with E-state index in [0.717, 1.165) is 10.9 Å². The van der Waals surface area contributed by atoms with Crippen LogP contribution in [0.1, 0.15) is 5.56 Å². The van der Waals surface area contributed by atoms with Crippen LogP contribution < -0.4 is 5.32 Å². The Morgan fingerprint density at radius 3 is 3.00 bits per heavy atom. The summed E-state index contributed by atoms with van der Waals surface area (Å²) in [5, 5.41) is 3.35. The molecule has 16 heavy (non-hydrogen) atoms. The summed E-state index contributed by atoms with van der Waals surface area (Å²) < 4.78 is 13.8. The molecule has 1 nitrogen and oxygen atoms in total. The van der Waals surface area contributed by atoms with E-state index in [9.17, 15) is 4.39 Å². The first-order chi connectivity index (χ1) is 7.70. The molecule has 1 fully saturated rings. The lowest BCUT2D eigenvalue weighted by atomic mass is 9.95. The number of hydrogen-bond acceptors (Lipinski definition) is 2. The van der Waals surface area contributed by atoms with Gasteiger partial charge in [-0.25, -0.2) is 4.39 Å². The molecule has 0 radical (unpaired) electrons. The van der Waals surface area contributed by atoms with Crippen molar-refractivity contribution in [3.63, 3.8) is 0 Å². The third-order valence-electron chi connectivity index (χ3n) is 3.07. The Hall–Kier alpha value is -0.0600. The first-order valence-electron chi connectivity index (χ1n) is 5.39. The topological polar surface area (TPSA) is 12.0 Å². The molecule has 0 amide bonds. The highest BCUT2D eigenvalue weighted by Gasteiger charge is 2.26. The fourth-order valence-corrected chi connectivity index (χ4v) is 4.08. The Kier molecular flexibility index (Phi) is 4.27. The molecule has 0 aliphatic carbocycles. The fourth-order valence-electron chi connectivity index (χ4n) is 2.09. The predicted octanol–water partition coefficient (Wildman–Crippen LogP) is 3.08. The molecule has 2 rings (SSSR count). The van der Waals surface area contributed by atoms with Crippen molar-refractivity contribution in [2.75, 3.05) is 18.6 Å². The van der Waals surface area contributed by atoms with Crippen LogP contribution in [0, 0.1) is 11.7 Å². The van der Waals surface area contributed by atoms with Crippen molar-refractivity contribution >= 4 is 27.7 Å². The van der Waals surface area contributed by atoms with Gasteiger partial charge in [0.2, 0.25) is 0 Å². The molecule has 1 saturated heterocycles. The summed E-state index contributed by atoms with van der Waals surface area (Å²) in [6.45, 7) is 0. The maximum Gasteiger partial charge on any atom is 0.124 e. The van der Waals surface area contributed by atoms with Gasteiger partial charge in [0, 0.05) is 16.3 Å². The van der Waals surface area contributed by atoms with E-state index in [1.54, 1.807) is 6.07 Å². The van der Waals surface area contributed by atoms with E-state index >= 15 is 0 Å². The van der Waals surface area contributed by atoms with Gasteiger partial charge in [-0.2, -0.15) is 11.8 Å². The highest BCUT2D eigenvalue weighted by atomic mass is 79.9. The Morgan fingerprint density at radius 2 is 2.31 bits per heavy atom. The zero-order valence-corrected chi connectivity index (χ0v) is 11.6. The number of halogens is 2. The summed E-state index contributed by atoms with van der Waals surface area (Å²) in [4.78, 5) is 0. The van der Waals surface area contributed by atoms with E-state index in [1.807, 2.05) is 24.9 Å². The normalized spacial score (nSPS) is 24.9. The molecule has 1 aromatic carbocycles. The van der Waals surface area contributed by atoms with E-state index < -0.39 is 0 Å². The zero-order valence-electron chi connectivity index (χ0n) is 9.17. The van der Waals surface area contributed by atoms with Crippen LogP contribution in [0.25, 0.3) is 0 Å². The molecular weight excluding hydrogens is 289 g/mol. The molecule has 2 atom stereocenters. The highest BCUT2D eigenvalue weighted by molar-refractivity contribution is 9.10. The lowest BCUT2D eigenvalue weighted by molar-refractivity contribution is 0.452. The Morgan fingerprint density at radius 1 is 1.50 bits per heavy atom. The van der Waals surface area contributed by atoms with E-state index in [-0.39, 0.29) is 5.82 Å². The number of benzene rings is 1. The van der Waals surface area contributed by atoms with Gasteiger partial charge in [0.25, 0.3) is 0 Å². The quantitative estimate of drug-likeness (QED) is 0.921. The Balaban J connectivity index is 2.08. The van der Waals surface area contributed by atoms with Crippen LogP contribution in [0.3, 0.4) is 0 Å². The Bertz CT molecular complexity index is 372. The van der Waals surface area contributed by atoms with Crippen LogP contribution in [0.4, 0.5) is 4.39 Å². The maximum atomic E-state index is 13.0. The van der Waals surface area contributed by atoms with Gasteiger partial charge in [-0.15, -0.1) is 0 Å². The summed E-state index contributed by atoms with van der Waals surface area (Å²) in [5.41, 5.74) is 1.20. The van der Waals surface area contributed by atoms with E-state index in [0.29, 0.717) is 12.0 Å². The average molecular weight is 304 g/mol. The van der Waals surface area contributed by atoms with E-state index in [1.165, 1.54) is 23.1 Å². The van der Waals surface area contributed by atoms with Crippen molar-refractivity contribution in [3.8, 4) is 0 Å². The second-order valence-electron chi connectivity index (χ2n) is 4.13. The third-order valence-corrected chi connectivity index (χ3v) is 5.06. The minimum Gasteiger partial charge on any atom is -0.316 e. The first-order valence-corrected chi connectivity index (χ1v) is 7.34. The molecule has 0 bridgehead atoms. The third kappa shape index (κ3) is 2.79. The van der Waals surface area contributed by atoms with Crippen molar-refractivity contribution < 1.29 is 4.39 Å². The van der Waals surface area contributed by atoms with Crippen LogP contribution in [0.2, 0.25) is 0 Å². The minimum absolute atomic E-state index is 0.179. The standard InChI is InChI=1S/C12H15BrFNS/c1-15-12-7-16-6-9(12)4-8-2-3-10(14)5-11(8)13/h2-3,5,9,12,15H,4,6-7H2,1H3. The van der Waals surface area contributed by atoms with Crippen molar-refractivity contribution in [3.05, 3.63) is 34.1 Å². The SMILES string of the molecule is CNC1CSCC1Cc1ccc(F)cc1Br. The second kappa shape index (κ2) is 5.52. The van der Waals surface area contributed by atoms with E-state index in [2.05, 4.69) is 21.2 Å². The molecule has 0 saturated carbocycles. The molecule has 0 aromatic heterocycles. The van der Waals surface area contributed by atoms with Gasteiger partial charge in [0.15, 0.2) is 0 Å². The molecule has 1 heterocycles. The monoisotopic (exact) mass is 303 g/mol. The smallest absolute Gasteiger partial charge is 0.124 e. The van der Waals surface area contributed by atoms with Gasteiger partial charge in [-0.1, -0.05) is 22.0 Å². The summed E-state index contributed by atoms with van der Waals surface area (Å²) in [6, 6.07) is 5.55. The maximum absolute atomic E-state index is 13.0. The molecule has 1 aromatic rings. The summed E-state index contributed by atoms with van der Waals surface area (Å²) in [7, 11) is 2.02. The Labute approximate surface area is 108 Å². The van der Waals surface area contributed by atoms with Crippen molar-refractivity contribution in [2.24, 2.45) is 5.92 Å². The molecule has 1 aliphatic heterocycles. The van der Waals surface area contributed by atoms with Crippen LogP contribution in [0.15, 0.2) is 22.7 Å². The number of rotatable bonds is 3. The van der Waals surface area contributed by atoms with Crippen LogP contribution in [-0.2, 0) is 6.42 Å². The molecule has 88 valence electrons. The summed E-state index contributed by atoms with van der Waals surface area (Å²) in [6.07, 6.45) is 1.01. The summed E-state index contributed by atoms with van der Waals surface area (Å²) in [5.74, 6) is 2.84. The van der Waals surface area contributed by atoms with Crippen LogP contribution in [-0.4, -0.2) is 24.6 Å². The van der Waals surface area contributed by atoms with E-state index in [4.69, 9.17) is 0 Å². The summed E-state index contributed by atoms with van der Waals surface area (Å²) >= 11 is 5.42. The number of thioether (sulfide) groups is 1. The van der Waals surface area contributed by atoms with Gasteiger partial charge in [0.1, 0.15) is 5.82 Å². The molecule has 0 spiro atoms. The van der Waals surface area contributed by atoms with Gasteiger partial charge in [-0.05, 0) is 42.8 Å². The number of hydrogen-bond donors (Lipinski definition) is 1. The van der Waals surface area contributed by atoms with Gasteiger partial charge >= 0.3 is 0 Å². The fraction of sp³-hybridized carbons (Fsp3) is 0.500. The lowest BCUT2D eigenvalue weighted by Crippen LogP contribution is -2.33. The molecule has 1 N–H and O–H groups in total. The predicted molar refractivity (Wildman–Crippen MR) is 71.5 cm³/mol. The first kappa shape index (κ1) is 12.4. The average Bonchev–Trinajstić information content (AvgIpc) is 2.69. The van der Waals surface area contributed by atoms with Gasteiger partial charge in [0.05, 0.1) is 0 Å². The minimum atomic E-state index is -0.179. The van der Waals surface area contributed by atoms with Crippen LogP contribution in [0.5, 0.6) is 0 Å². The number of nitrogens with one attached hydrogen (secondary N) is 1. The molecule has 1 aliphatic rings. The second-order valence-corrected chi connectivity index (χ2v) is 6.06. The lowest BCUT2D eigenvalue weighted by Gasteiger charge is -2.18. The van der Waals surface area contributed by atoms with Crippen molar-refractivity contribution in [1.29, 1.82) is 0 Å². The molecular formula is C12H15BrFNS. The van der Waals surface area contributed by atoms with Gasteiger partial charge in [-0.3, -0.25) is 0 Å².